The summed E-state index contributed by atoms with van der Waals surface area (Å²) in [5.74, 6) is -0.424. The van der Waals surface area contributed by atoms with Crippen molar-refractivity contribution in [1.82, 2.24) is 0 Å². The molecule has 0 aliphatic carbocycles. The Morgan fingerprint density at radius 2 is 1.85 bits per heavy atom. The largest absolute Gasteiger partial charge is 0.504 e. The highest BCUT2D eigenvalue weighted by Crippen LogP contribution is 2.43. The molecule has 0 fully saturated rings. The lowest BCUT2D eigenvalue weighted by atomic mass is 10.0. The van der Waals surface area contributed by atoms with Crippen molar-refractivity contribution >= 4 is 29.1 Å². The number of nitrogens with two attached hydrogens (primary N) is 1. The second kappa shape index (κ2) is 7.02. The summed E-state index contributed by atoms with van der Waals surface area (Å²) in [7, 11) is 0. The first kappa shape index (κ1) is 19.5. The van der Waals surface area contributed by atoms with Gasteiger partial charge in [0.2, 0.25) is 5.88 Å². The summed E-state index contributed by atoms with van der Waals surface area (Å²) in [6.07, 6.45) is -4.43. The first-order valence-electron chi connectivity index (χ1n) is 7.80. The monoisotopic (exact) mass is 415 g/mol. The molecule has 0 saturated carbocycles. The lowest BCUT2D eigenvalue weighted by molar-refractivity contribution is -0.137. The number of aryl methyl sites for hydroxylation is 1. The van der Waals surface area contributed by atoms with Crippen molar-refractivity contribution < 1.29 is 22.7 Å². The Kier molecular flexibility index (Phi) is 5.06. The van der Waals surface area contributed by atoms with Gasteiger partial charge in [-0.3, -0.25) is 0 Å². The fourth-order valence-corrected chi connectivity index (χ4v) is 3.26. The van der Waals surface area contributed by atoms with Gasteiger partial charge in [-0.15, -0.1) is 0 Å². The molecule has 3 rings (SSSR count). The molecule has 142 valence electrons. The van der Waals surface area contributed by atoms with E-state index in [0.29, 0.717) is 15.6 Å². The van der Waals surface area contributed by atoms with E-state index in [-0.39, 0.29) is 34.9 Å². The van der Waals surface area contributed by atoms with Gasteiger partial charge in [0.05, 0.1) is 21.2 Å². The number of furan rings is 1. The number of alkyl halides is 3. The maximum absolute atomic E-state index is 13.0. The van der Waals surface area contributed by atoms with Crippen molar-refractivity contribution in [3.63, 3.8) is 0 Å². The fourth-order valence-electron chi connectivity index (χ4n) is 2.80. The number of hydrogen-bond acceptors (Lipinski definition) is 3. The van der Waals surface area contributed by atoms with E-state index in [1.54, 1.807) is 12.1 Å². The second-order valence-electron chi connectivity index (χ2n) is 6.03. The van der Waals surface area contributed by atoms with E-state index in [0.717, 1.165) is 17.7 Å². The average Bonchev–Trinajstić information content (AvgIpc) is 2.88. The van der Waals surface area contributed by atoms with Gasteiger partial charge >= 0.3 is 6.18 Å². The molecule has 0 radical (unpaired) electrons. The van der Waals surface area contributed by atoms with Gasteiger partial charge in [0.1, 0.15) is 0 Å². The van der Waals surface area contributed by atoms with Crippen LogP contribution >= 0.6 is 23.2 Å². The molecular weight excluding hydrogens is 402 g/mol. The number of rotatable bonds is 3. The molecule has 8 heteroatoms. The molecule has 3 aromatic rings. The third kappa shape index (κ3) is 3.73. The molecule has 3 N–H and O–H groups in total. The Balaban J connectivity index is 2.06. The normalized spacial score (nSPS) is 11.8. The Hall–Kier alpha value is -2.31. The first-order chi connectivity index (χ1) is 12.6. The highest BCUT2D eigenvalue weighted by Gasteiger charge is 2.31. The molecular formula is C19H14Cl2F3NO2. The molecule has 1 aromatic heterocycles. The van der Waals surface area contributed by atoms with Crippen LogP contribution < -0.4 is 5.73 Å². The van der Waals surface area contributed by atoms with Crippen molar-refractivity contribution in [3.05, 3.63) is 68.9 Å². The zero-order chi connectivity index (χ0) is 19.9. The Morgan fingerprint density at radius 1 is 1.15 bits per heavy atom. The highest BCUT2D eigenvalue weighted by atomic mass is 35.5. The Labute approximate surface area is 163 Å². The average molecular weight is 416 g/mol. The van der Waals surface area contributed by atoms with Crippen molar-refractivity contribution in [2.75, 3.05) is 5.73 Å². The molecule has 0 saturated heterocycles. The maximum atomic E-state index is 13.0. The molecule has 2 aromatic carbocycles. The SMILES string of the molecule is Cc1ccc(Cl)c(Cl)c1Cc1oc(N)c(-c2cccc(C(F)(F)F)c2)c1O. The van der Waals surface area contributed by atoms with Gasteiger partial charge < -0.3 is 15.3 Å². The van der Waals surface area contributed by atoms with E-state index in [4.69, 9.17) is 33.4 Å². The molecule has 0 bridgehead atoms. The van der Waals surface area contributed by atoms with Gasteiger partial charge in [-0.1, -0.05) is 41.4 Å². The number of nitrogen functional groups attached to an aromatic ring is 1. The van der Waals surface area contributed by atoms with Crippen LogP contribution in [0.15, 0.2) is 40.8 Å². The minimum absolute atomic E-state index is 0.00639. The Morgan fingerprint density at radius 3 is 2.52 bits per heavy atom. The molecule has 3 nitrogen and oxygen atoms in total. The quantitative estimate of drug-likeness (QED) is 0.515. The Bertz CT molecular complexity index is 1010. The smallest absolute Gasteiger partial charge is 0.416 e. The van der Waals surface area contributed by atoms with Crippen LogP contribution in [0.25, 0.3) is 11.1 Å². The highest BCUT2D eigenvalue weighted by molar-refractivity contribution is 6.42. The summed E-state index contributed by atoms with van der Waals surface area (Å²) < 4.78 is 44.3. The first-order valence-corrected chi connectivity index (χ1v) is 8.56. The lowest BCUT2D eigenvalue weighted by Crippen LogP contribution is -2.04. The summed E-state index contributed by atoms with van der Waals surface area (Å²) in [5, 5.41) is 11.2. The van der Waals surface area contributed by atoms with Crippen LogP contribution in [0.1, 0.15) is 22.5 Å². The summed E-state index contributed by atoms with van der Waals surface area (Å²) in [6, 6.07) is 7.90. The van der Waals surface area contributed by atoms with Crippen LogP contribution in [0.2, 0.25) is 10.0 Å². The van der Waals surface area contributed by atoms with Crippen LogP contribution in [0, 0.1) is 6.92 Å². The minimum Gasteiger partial charge on any atom is -0.504 e. The van der Waals surface area contributed by atoms with Gasteiger partial charge in [-0.2, -0.15) is 13.2 Å². The summed E-state index contributed by atoms with van der Waals surface area (Å²) in [6.45, 7) is 1.81. The minimum atomic E-state index is -4.52. The molecule has 0 spiro atoms. The van der Waals surface area contributed by atoms with E-state index < -0.39 is 11.7 Å². The predicted molar refractivity (Wildman–Crippen MR) is 99.2 cm³/mol. The third-order valence-corrected chi connectivity index (χ3v) is 5.07. The number of benzene rings is 2. The molecule has 0 unspecified atom stereocenters. The van der Waals surface area contributed by atoms with E-state index in [2.05, 4.69) is 0 Å². The summed E-state index contributed by atoms with van der Waals surface area (Å²) in [4.78, 5) is 0. The molecule has 0 atom stereocenters. The third-order valence-electron chi connectivity index (χ3n) is 4.23. The topological polar surface area (TPSA) is 59.4 Å². The molecule has 0 aliphatic heterocycles. The van der Waals surface area contributed by atoms with Crippen LogP contribution in [0.4, 0.5) is 19.1 Å². The van der Waals surface area contributed by atoms with E-state index in [1.165, 1.54) is 12.1 Å². The second-order valence-corrected chi connectivity index (χ2v) is 6.81. The predicted octanol–water partition coefficient (Wildman–Crippen LogP) is 6.46. The van der Waals surface area contributed by atoms with Crippen LogP contribution in [-0.2, 0) is 12.6 Å². The van der Waals surface area contributed by atoms with Crippen molar-refractivity contribution in [1.29, 1.82) is 0 Å². The van der Waals surface area contributed by atoms with Gasteiger partial charge in [-0.25, -0.2) is 0 Å². The summed E-state index contributed by atoms with van der Waals surface area (Å²) in [5.41, 5.74) is 6.53. The van der Waals surface area contributed by atoms with Gasteiger partial charge in [0.25, 0.3) is 0 Å². The number of halogens is 5. The molecule has 1 heterocycles. The van der Waals surface area contributed by atoms with Crippen molar-refractivity contribution in [2.45, 2.75) is 19.5 Å². The zero-order valence-corrected chi connectivity index (χ0v) is 15.5. The number of hydrogen-bond donors (Lipinski definition) is 2. The van der Waals surface area contributed by atoms with E-state index >= 15 is 0 Å². The van der Waals surface area contributed by atoms with Crippen LogP contribution in [0.5, 0.6) is 5.75 Å². The molecule has 27 heavy (non-hydrogen) atoms. The van der Waals surface area contributed by atoms with Crippen molar-refractivity contribution in [2.24, 2.45) is 0 Å². The maximum Gasteiger partial charge on any atom is 0.416 e. The van der Waals surface area contributed by atoms with Gasteiger partial charge in [0, 0.05) is 6.42 Å². The molecule has 0 aliphatic rings. The van der Waals surface area contributed by atoms with Gasteiger partial charge in [0.15, 0.2) is 11.5 Å². The standard InChI is InChI=1S/C19H14Cl2F3NO2/c1-9-5-6-13(20)16(21)12(9)8-14-17(26)15(18(25)27-14)10-3-2-4-11(7-10)19(22,23)24/h2-7,26H,8,25H2,1H3. The zero-order valence-electron chi connectivity index (χ0n) is 14.0. The van der Waals surface area contributed by atoms with Crippen molar-refractivity contribution in [3.8, 4) is 16.9 Å². The summed E-state index contributed by atoms with van der Waals surface area (Å²) >= 11 is 12.3. The van der Waals surface area contributed by atoms with E-state index in [1.807, 2.05) is 6.92 Å². The van der Waals surface area contributed by atoms with Gasteiger partial charge in [-0.05, 0) is 41.8 Å². The lowest BCUT2D eigenvalue weighted by Gasteiger charge is -2.09. The molecule has 0 amide bonds. The van der Waals surface area contributed by atoms with E-state index in [9.17, 15) is 18.3 Å². The number of anilines is 1. The number of aromatic hydroxyl groups is 1. The fraction of sp³-hybridized carbons (Fsp3) is 0.158. The van der Waals surface area contributed by atoms with Crippen LogP contribution in [0.3, 0.4) is 0 Å². The van der Waals surface area contributed by atoms with Crippen LogP contribution in [-0.4, -0.2) is 5.11 Å².